The molecule has 11 heteroatoms. The van der Waals surface area contributed by atoms with E-state index in [9.17, 15) is 18.0 Å². The number of rotatable bonds is 6. The summed E-state index contributed by atoms with van der Waals surface area (Å²) in [5, 5.41) is 3.05. The Hall–Kier alpha value is -3.63. The van der Waals surface area contributed by atoms with Crippen molar-refractivity contribution in [2.75, 3.05) is 16.8 Å². The number of amides is 1. The number of anilines is 2. The molecule has 1 aliphatic rings. The number of cyclic esters (lactones) is 1. The zero-order chi connectivity index (χ0) is 22.1. The van der Waals surface area contributed by atoms with Gasteiger partial charge in [0.25, 0.3) is 0 Å². The first-order chi connectivity index (χ1) is 14.8. The van der Waals surface area contributed by atoms with Crippen molar-refractivity contribution in [1.82, 2.24) is 19.5 Å². The summed E-state index contributed by atoms with van der Waals surface area (Å²) >= 11 is 0. The average Bonchev–Trinajstić information content (AvgIpc) is 3.34. The summed E-state index contributed by atoms with van der Waals surface area (Å²) in [6.07, 6.45) is 2.53. The zero-order valence-corrected chi connectivity index (χ0v) is 16.7. The van der Waals surface area contributed by atoms with E-state index in [-0.39, 0.29) is 24.4 Å². The molecule has 0 saturated carbocycles. The van der Waals surface area contributed by atoms with Crippen molar-refractivity contribution in [3.63, 3.8) is 0 Å². The summed E-state index contributed by atoms with van der Waals surface area (Å²) in [5.74, 6) is -0.977. The minimum atomic E-state index is -1.30. The molecule has 1 saturated heterocycles. The topological polar surface area (TPSA) is 85.2 Å². The van der Waals surface area contributed by atoms with Crippen LogP contribution in [0.4, 0.5) is 29.7 Å². The highest BCUT2D eigenvalue weighted by Gasteiger charge is 2.39. The first kappa shape index (κ1) is 20.6. The number of hydrogen-bond acceptors (Lipinski definition) is 6. The molecule has 3 aromatic rings. The summed E-state index contributed by atoms with van der Waals surface area (Å²) < 4.78 is 47.2. The van der Waals surface area contributed by atoms with E-state index in [0.717, 1.165) is 11.0 Å². The van der Waals surface area contributed by atoms with Crippen LogP contribution in [-0.4, -0.2) is 44.4 Å². The number of aromatic nitrogens is 4. The minimum Gasteiger partial charge on any atom is -0.447 e. The van der Waals surface area contributed by atoms with Gasteiger partial charge in [-0.3, -0.25) is 4.90 Å². The third kappa shape index (κ3) is 4.30. The first-order valence-corrected chi connectivity index (χ1v) is 9.52. The molecule has 162 valence electrons. The summed E-state index contributed by atoms with van der Waals surface area (Å²) in [7, 11) is 0. The number of nitrogens with zero attached hydrogens (tertiary/aromatic N) is 5. The maximum Gasteiger partial charge on any atom is 0.416 e. The second-order valence-electron chi connectivity index (χ2n) is 7.13. The Morgan fingerprint density at radius 2 is 1.94 bits per heavy atom. The van der Waals surface area contributed by atoms with E-state index in [0.29, 0.717) is 11.4 Å². The second-order valence-corrected chi connectivity index (χ2v) is 7.13. The number of halogens is 3. The van der Waals surface area contributed by atoms with Gasteiger partial charge in [-0.1, -0.05) is 0 Å². The minimum absolute atomic E-state index is 0.0578. The second kappa shape index (κ2) is 8.25. The van der Waals surface area contributed by atoms with Gasteiger partial charge in [-0.15, -0.1) is 0 Å². The molecule has 1 N–H and O–H groups in total. The van der Waals surface area contributed by atoms with Gasteiger partial charge in [0.05, 0.1) is 23.8 Å². The lowest BCUT2D eigenvalue weighted by atomic mass is 10.2. The molecule has 0 spiro atoms. The molecule has 1 aliphatic heterocycles. The Morgan fingerprint density at radius 3 is 2.65 bits per heavy atom. The van der Waals surface area contributed by atoms with Crippen LogP contribution in [0.2, 0.25) is 0 Å². The van der Waals surface area contributed by atoms with E-state index in [1.54, 1.807) is 13.1 Å². The number of hydrogen-bond donors (Lipinski definition) is 1. The van der Waals surface area contributed by atoms with Gasteiger partial charge in [-0.25, -0.2) is 27.9 Å². The van der Waals surface area contributed by atoms with Crippen LogP contribution in [-0.2, 0) is 4.74 Å². The number of carbonyl (C=O) groups excluding carboxylic acids is 1. The fourth-order valence-electron chi connectivity index (χ4n) is 3.25. The highest BCUT2D eigenvalue weighted by Crippen LogP contribution is 2.26. The number of imidazole rings is 1. The number of nitrogens with one attached hydrogen (secondary N) is 1. The molecule has 0 radical (unpaired) electrons. The highest BCUT2D eigenvalue weighted by molar-refractivity contribution is 5.89. The van der Waals surface area contributed by atoms with Crippen LogP contribution >= 0.6 is 0 Å². The molecule has 1 fully saturated rings. The van der Waals surface area contributed by atoms with E-state index in [4.69, 9.17) is 4.74 Å². The average molecular weight is 432 g/mol. The predicted octanol–water partition coefficient (Wildman–Crippen LogP) is 3.80. The monoisotopic (exact) mass is 432 g/mol. The molecule has 4 rings (SSSR count). The SMILES string of the molecule is C[C@H](Nc1nccc(N2C(=O)OCC2[C@H](C)F)n1)c1cn(-c2cc(F)cc(F)c2)cn1. The van der Waals surface area contributed by atoms with Crippen LogP contribution in [0, 0.1) is 11.6 Å². The van der Waals surface area contributed by atoms with Crippen molar-refractivity contribution in [2.24, 2.45) is 0 Å². The van der Waals surface area contributed by atoms with E-state index < -0.39 is 29.9 Å². The smallest absolute Gasteiger partial charge is 0.416 e. The standard InChI is InChI=1S/C20H19F3N6O2/c1-11(21)17-9-31-20(30)29(17)18-3-4-24-19(27-18)26-12(2)16-8-28(10-25-16)15-6-13(22)5-14(23)7-15/h3-8,10-12,17H,9H2,1-2H3,(H,24,26,27)/t11-,12-,17?/m0/s1. The highest BCUT2D eigenvalue weighted by atomic mass is 19.1. The summed E-state index contributed by atoms with van der Waals surface area (Å²) in [4.78, 5) is 25.9. The van der Waals surface area contributed by atoms with Crippen molar-refractivity contribution >= 4 is 17.9 Å². The van der Waals surface area contributed by atoms with E-state index in [1.165, 1.54) is 42.2 Å². The van der Waals surface area contributed by atoms with Crippen LogP contribution in [0.1, 0.15) is 25.6 Å². The van der Waals surface area contributed by atoms with Crippen LogP contribution < -0.4 is 10.2 Å². The molecule has 8 nitrogen and oxygen atoms in total. The molecule has 0 aliphatic carbocycles. The fourth-order valence-corrected chi connectivity index (χ4v) is 3.25. The van der Waals surface area contributed by atoms with Gasteiger partial charge in [-0.05, 0) is 32.0 Å². The quantitative estimate of drug-likeness (QED) is 0.638. The molecule has 0 bridgehead atoms. The lowest BCUT2D eigenvalue weighted by molar-refractivity contribution is 0.174. The normalized spacial score (nSPS) is 18.0. The number of benzene rings is 1. The van der Waals surface area contributed by atoms with Crippen LogP contribution in [0.3, 0.4) is 0 Å². The van der Waals surface area contributed by atoms with Crippen molar-refractivity contribution in [3.05, 3.63) is 60.3 Å². The molecule has 1 unspecified atom stereocenters. The molecule has 3 atom stereocenters. The maximum absolute atomic E-state index is 13.8. The predicted molar refractivity (Wildman–Crippen MR) is 106 cm³/mol. The van der Waals surface area contributed by atoms with Gasteiger partial charge in [-0.2, -0.15) is 4.98 Å². The molecule has 1 amide bonds. The largest absolute Gasteiger partial charge is 0.447 e. The molecule has 2 aromatic heterocycles. The Balaban J connectivity index is 1.52. The van der Waals surface area contributed by atoms with E-state index in [2.05, 4.69) is 20.3 Å². The van der Waals surface area contributed by atoms with E-state index in [1.807, 2.05) is 0 Å². The third-order valence-corrected chi connectivity index (χ3v) is 4.86. The van der Waals surface area contributed by atoms with Gasteiger partial charge >= 0.3 is 6.09 Å². The zero-order valence-electron chi connectivity index (χ0n) is 16.7. The third-order valence-electron chi connectivity index (χ3n) is 4.86. The maximum atomic E-state index is 13.8. The van der Waals surface area contributed by atoms with Gasteiger partial charge in [0.2, 0.25) is 5.95 Å². The fraction of sp³-hybridized carbons (Fsp3) is 0.300. The van der Waals surface area contributed by atoms with Crippen molar-refractivity contribution in [3.8, 4) is 5.69 Å². The Morgan fingerprint density at radius 1 is 1.19 bits per heavy atom. The summed E-state index contributed by atoms with van der Waals surface area (Å²) in [6.45, 7) is 3.09. The van der Waals surface area contributed by atoms with Crippen molar-refractivity contribution in [2.45, 2.75) is 32.1 Å². The molecular formula is C20H19F3N6O2. The van der Waals surface area contributed by atoms with Gasteiger partial charge in [0, 0.05) is 18.5 Å². The van der Waals surface area contributed by atoms with Gasteiger partial charge in [0.15, 0.2) is 0 Å². The number of carbonyl (C=O) groups is 1. The lowest BCUT2D eigenvalue weighted by Gasteiger charge is -2.21. The summed E-state index contributed by atoms with van der Waals surface area (Å²) in [6, 6.07) is 3.52. The van der Waals surface area contributed by atoms with Crippen LogP contribution in [0.25, 0.3) is 5.69 Å². The van der Waals surface area contributed by atoms with Crippen LogP contribution in [0.15, 0.2) is 43.0 Å². The molecule has 31 heavy (non-hydrogen) atoms. The van der Waals surface area contributed by atoms with E-state index >= 15 is 0 Å². The summed E-state index contributed by atoms with van der Waals surface area (Å²) in [5.41, 5.74) is 0.857. The van der Waals surface area contributed by atoms with Crippen molar-refractivity contribution in [1.29, 1.82) is 0 Å². The van der Waals surface area contributed by atoms with Gasteiger partial charge in [0.1, 0.15) is 36.3 Å². The van der Waals surface area contributed by atoms with Crippen LogP contribution in [0.5, 0.6) is 0 Å². The lowest BCUT2D eigenvalue weighted by Crippen LogP contribution is -2.39. The molecular weight excluding hydrogens is 413 g/mol. The Labute approximate surface area is 175 Å². The van der Waals surface area contributed by atoms with Gasteiger partial charge < -0.3 is 14.6 Å². The number of alkyl halides is 1. The van der Waals surface area contributed by atoms with Crippen molar-refractivity contribution < 1.29 is 22.7 Å². The Kier molecular flexibility index (Phi) is 5.49. The number of ether oxygens (including phenoxy) is 1. The molecule has 1 aromatic carbocycles. The molecule has 3 heterocycles. The Bertz CT molecular complexity index is 1090. The first-order valence-electron chi connectivity index (χ1n) is 9.52.